The van der Waals surface area contributed by atoms with E-state index in [-0.39, 0.29) is 0 Å². The molecule has 0 aliphatic rings. The molecular formula is C16H31N3. The maximum Gasteiger partial charge on any atom is 0.0825 e. The van der Waals surface area contributed by atoms with E-state index in [9.17, 15) is 0 Å². The molecule has 0 saturated heterocycles. The third-order valence-corrected chi connectivity index (χ3v) is 3.79. The fourth-order valence-electron chi connectivity index (χ4n) is 2.54. The molecule has 3 heteroatoms. The Morgan fingerprint density at radius 3 is 2.00 bits per heavy atom. The van der Waals surface area contributed by atoms with Crippen LogP contribution in [0, 0.1) is 13.8 Å². The molecule has 0 radical (unpaired) electrons. The highest BCUT2D eigenvalue weighted by Gasteiger charge is 2.12. The Kier molecular flexibility index (Phi) is 7.61. The molecule has 1 rings (SSSR count). The van der Waals surface area contributed by atoms with Crippen molar-refractivity contribution in [3.8, 4) is 0 Å². The highest BCUT2D eigenvalue weighted by molar-refractivity contribution is 5.52. The number of aromatic nitrogens is 2. The van der Waals surface area contributed by atoms with Crippen LogP contribution in [0.4, 0.5) is 5.69 Å². The van der Waals surface area contributed by atoms with Crippen LogP contribution in [-0.2, 0) is 0 Å². The van der Waals surface area contributed by atoms with E-state index in [4.69, 9.17) is 0 Å². The quantitative estimate of drug-likeness (QED) is 0.586. The molecule has 0 atom stereocenters. The predicted octanol–water partition coefficient (Wildman–Crippen LogP) is 4.97. The van der Waals surface area contributed by atoms with Gasteiger partial charge in [0.2, 0.25) is 0 Å². The molecule has 110 valence electrons. The van der Waals surface area contributed by atoms with Crippen molar-refractivity contribution >= 4 is 5.69 Å². The van der Waals surface area contributed by atoms with Crippen molar-refractivity contribution < 1.29 is 0 Å². The highest BCUT2D eigenvalue weighted by Crippen LogP contribution is 2.21. The second-order valence-corrected chi connectivity index (χ2v) is 5.64. The van der Waals surface area contributed by atoms with Crippen LogP contribution < -0.4 is 5.32 Å². The Labute approximate surface area is 118 Å². The highest BCUT2D eigenvalue weighted by atomic mass is 15.2. The lowest BCUT2D eigenvalue weighted by Crippen LogP contribution is -2.20. The van der Waals surface area contributed by atoms with Gasteiger partial charge in [-0.3, -0.25) is 5.10 Å². The lowest BCUT2D eigenvalue weighted by atomic mass is 10.0. The van der Waals surface area contributed by atoms with Gasteiger partial charge in [-0.2, -0.15) is 5.10 Å². The van der Waals surface area contributed by atoms with E-state index >= 15 is 0 Å². The SMILES string of the molecule is CCCCCC(CCCCC)Nc1c(C)n[nH]c1C. The van der Waals surface area contributed by atoms with Crippen molar-refractivity contribution in [3.63, 3.8) is 0 Å². The molecule has 0 spiro atoms. The third-order valence-electron chi connectivity index (χ3n) is 3.79. The Morgan fingerprint density at radius 1 is 1.00 bits per heavy atom. The average Bonchev–Trinajstić information content (AvgIpc) is 2.70. The van der Waals surface area contributed by atoms with Crippen molar-refractivity contribution in [2.45, 2.75) is 85.1 Å². The fourth-order valence-corrected chi connectivity index (χ4v) is 2.54. The van der Waals surface area contributed by atoms with Crippen molar-refractivity contribution in [1.29, 1.82) is 0 Å². The second kappa shape index (κ2) is 9.00. The summed E-state index contributed by atoms with van der Waals surface area (Å²) in [5, 5.41) is 11.1. The standard InChI is InChI=1S/C16H31N3/c1-5-7-9-11-15(12-10-8-6-2)17-16-13(3)18-19-14(16)4/h15,17H,5-12H2,1-4H3,(H,18,19). The van der Waals surface area contributed by atoms with E-state index in [0.717, 1.165) is 11.4 Å². The van der Waals surface area contributed by atoms with Gasteiger partial charge in [-0.1, -0.05) is 52.4 Å². The van der Waals surface area contributed by atoms with Gasteiger partial charge in [-0.15, -0.1) is 0 Å². The molecule has 0 aromatic carbocycles. The van der Waals surface area contributed by atoms with Gasteiger partial charge >= 0.3 is 0 Å². The molecule has 0 fully saturated rings. The van der Waals surface area contributed by atoms with Crippen LogP contribution in [0.2, 0.25) is 0 Å². The summed E-state index contributed by atoms with van der Waals surface area (Å²) < 4.78 is 0. The predicted molar refractivity (Wildman–Crippen MR) is 83.8 cm³/mol. The van der Waals surface area contributed by atoms with Crippen molar-refractivity contribution in [3.05, 3.63) is 11.4 Å². The molecule has 1 heterocycles. The molecule has 0 aliphatic heterocycles. The van der Waals surface area contributed by atoms with E-state index < -0.39 is 0 Å². The molecule has 2 N–H and O–H groups in total. The second-order valence-electron chi connectivity index (χ2n) is 5.64. The van der Waals surface area contributed by atoms with Crippen LogP contribution in [0.3, 0.4) is 0 Å². The van der Waals surface area contributed by atoms with E-state index in [1.165, 1.54) is 57.1 Å². The van der Waals surface area contributed by atoms with Crippen LogP contribution in [0.5, 0.6) is 0 Å². The maximum absolute atomic E-state index is 4.27. The third kappa shape index (κ3) is 5.66. The lowest BCUT2D eigenvalue weighted by Gasteiger charge is -2.20. The summed E-state index contributed by atoms with van der Waals surface area (Å²) in [4.78, 5) is 0. The largest absolute Gasteiger partial charge is 0.379 e. The molecule has 0 aliphatic carbocycles. The minimum absolute atomic E-state index is 0.605. The van der Waals surface area contributed by atoms with E-state index in [0.29, 0.717) is 6.04 Å². The number of rotatable bonds is 10. The van der Waals surface area contributed by atoms with Crippen LogP contribution in [-0.4, -0.2) is 16.2 Å². The zero-order chi connectivity index (χ0) is 14.1. The Bertz CT molecular complexity index is 314. The van der Waals surface area contributed by atoms with E-state index in [1.54, 1.807) is 0 Å². The van der Waals surface area contributed by atoms with Gasteiger partial charge in [0.05, 0.1) is 17.1 Å². The van der Waals surface area contributed by atoms with E-state index in [1.807, 2.05) is 0 Å². The number of aromatic amines is 1. The van der Waals surface area contributed by atoms with Gasteiger partial charge in [0.15, 0.2) is 0 Å². The van der Waals surface area contributed by atoms with Gasteiger partial charge < -0.3 is 5.32 Å². The Morgan fingerprint density at radius 2 is 1.58 bits per heavy atom. The topological polar surface area (TPSA) is 40.7 Å². The monoisotopic (exact) mass is 265 g/mol. The number of hydrogen-bond donors (Lipinski definition) is 2. The maximum atomic E-state index is 4.27. The number of aryl methyl sites for hydroxylation is 2. The Balaban J connectivity index is 2.51. The minimum Gasteiger partial charge on any atom is -0.379 e. The smallest absolute Gasteiger partial charge is 0.0825 e. The molecule has 3 nitrogen and oxygen atoms in total. The first-order valence-electron chi connectivity index (χ1n) is 7.97. The van der Waals surface area contributed by atoms with Crippen molar-refractivity contribution in [2.24, 2.45) is 0 Å². The molecule has 0 amide bonds. The average molecular weight is 265 g/mol. The van der Waals surface area contributed by atoms with Gasteiger partial charge in [0.1, 0.15) is 0 Å². The summed E-state index contributed by atoms with van der Waals surface area (Å²) in [5.41, 5.74) is 3.47. The Hall–Kier alpha value is -0.990. The number of unbranched alkanes of at least 4 members (excludes halogenated alkanes) is 4. The molecule has 1 aromatic rings. The van der Waals surface area contributed by atoms with Gasteiger partial charge in [-0.25, -0.2) is 0 Å². The molecule has 0 unspecified atom stereocenters. The van der Waals surface area contributed by atoms with Crippen LogP contribution in [0.15, 0.2) is 0 Å². The summed E-state index contributed by atoms with van der Waals surface area (Å²) >= 11 is 0. The number of anilines is 1. The van der Waals surface area contributed by atoms with E-state index in [2.05, 4.69) is 43.2 Å². The van der Waals surface area contributed by atoms with Gasteiger partial charge in [0, 0.05) is 6.04 Å². The van der Waals surface area contributed by atoms with Crippen LogP contribution in [0.1, 0.15) is 76.6 Å². The van der Waals surface area contributed by atoms with Crippen molar-refractivity contribution in [1.82, 2.24) is 10.2 Å². The van der Waals surface area contributed by atoms with Gasteiger partial charge in [-0.05, 0) is 26.7 Å². The number of nitrogens with one attached hydrogen (secondary N) is 2. The zero-order valence-corrected chi connectivity index (χ0v) is 13.2. The van der Waals surface area contributed by atoms with Gasteiger partial charge in [0.25, 0.3) is 0 Å². The minimum atomic E-state index is 0.605. The number of H-pyrrole nitrogens is 1. The fraction of sp³-hybridized carbons (Fsp3) is 0.812. The summed E-state index contributed by atoms with van der Waals surface area (Å²) in [7, 11) is 0. The summed E-state index contributed by atoms with van der Waals surface area (Å²) in [6, 6.07) is 0.605. The normalized spacial score (nSPS) is 11.2. The zero-order valence-electron chi connectivity index (χ0n) is 13.2. The first kappa shape index (κ1) is 16.1. The summed E-state index contributed by atoms with van der Waals surface area (Å²) in [6.45, 7) is 8.70. The number of hydrogen-bond acceptors (Lipinski definition) is 2. The first-order chi connectivity index (χ1) is 9.19. The molecular weight excluding hydrogens is 234 g/mol. The summed E-state index contributed by atoms with van der Waals surface area (Å²) in [6.07, 6.45) is 10.5. The molecule has 0 bridgehead atoms. The first-order valence-corrected chi connectivity index (χ1v) is 7.97. The van der Waals surface area contributed by atoms with Crippen LogP contribution in [0.25, 0.3) is 0 Å². The molecule has 19 heavy (non-hydrogen) atoms. The van der Waals surface area contributed by atoms with Crippen LogP contribution >= 0.6 is 0 Å². The molecule has 1 aromatic heterocycles. The summed E-state index contributed by atoms with van der Waals surface area (Å²) in [5.74, 6) is 0. The molecule has 0 saturated carbocycles. The number of nitrogens with zero attached hydrogens (tertiary/aromatic N) is 1. The van der Waals surface area contributed by atoms with Crippen molar-refractivity contribution in [2.75, 3.05) is 5.32 Å². The lowest BCUT2D eigenvalue weighted by molar-refractivity contribution is 0.526.